The number of aromatic nitrogens is 6. The average molecular weight is 333 g/mol. The largest absolute Gasteiger partial charge is 0.360 e. The van der Waals surface area contributed by atoms with Gasteiger partial charge in [-0.1, -0.05) is 12.1 Å². The molecule has 3 aromatic heterocycles. The highest BCUT2D eigenvalue weighted by Crippen LogP contribution is 2.21. The maximum absolute atomic E-state index is 4.52. The van der Waals surface area contributed by atoms with Gasteiger partial charge in [0.1, 0.15) is 6.33 Å². The van der Waals surface area contributed by atoms with E-state index in [1.165, 1.54) is 0 Å². The predicted octanol–water partition coefficient (Wildman–Crippen LogP) is 3.10. The third-order valence-electron chi connectivity index (χ3n) is 4.22. The average Bonchev–Trinajstić information content (AvgIpc) is 3.21. The Morgan fingerprint density at radius 3 is 2.64 bits per heavy atom. The predicted molar refractivity (Wildman–Crippen MR) is 95.9 cm³/mol. The van der Waals surface area contributed by atoms with Crippen molar-refractivity contribution in [3.05, 3.63) is 66.0 Å². The van der Waals surface area contributed by atoms with Crippen molar-refractivity contribution < 1.29 is 0 Å². The molecule has 0 fully saturated rings. The number of hydrogen-bond acceptors (Lipinski definition) is 5. The third kappa shape index (κ3) is 2.84. The molecule has 4 rings (SSSR count). The summed E-state index contributed by atoms with van der Waals surface area (Å²) in [5, 5.41) is 16.0. The van der Waals surface area contributed by atoms with Gasteiger partial charge < -0.3 is 5.32 Å². The molecule has 7 heteroatoms. The fourth-order valence-electron chi connectivity index (χ4n) is 2.94. The highest BCUT2D eigenvalue weighted by atomic mass is 15.3. The highest BCUT2D eigenvalue weighted by molar-refractivity contribution is 5.62. The number of aryl methyl sites for hydroxylation is 2. The summed E-state index contributed by atoms with van der Waals surface area (Å²) in [6.07, 6.45) is 5.22. The maximum Gasteiger partial charge on any atom is 0.203 e. The van der Waals surface area contributed by atoms with Crippen LogP contribution in [0.3, 0.4) is 0 Å². The van der Waals surface area contributed by atoms with Crippen LogP contribution in [0.4, 0.5) is 5.82 Å². The van der Waals surface area contributed by atoms with Crippen molar-refractivity contribution in [2.45, 2.75) is 26.8 Å². The van der Waals surface area contributed by atoms with E-state index in [0.717, 1.165) is 28.5 Å². The number of nitrogens with zero attached hydrogens (tertiary/aromatic N) is 6. The molecule has 0 spiro atoms. The number of hydrogen-bond donors (Lipinski definition) is 1. The van der Waals surface area contributed by atoms with E-state index in [-0.39, 0.29) is 6.04 Å². The molecular formula is C18H19N7. The Bertz CT molecular complexity index is 1010. The molecular weight excluding hydrogens is 314 g/mol. The molecule has 3 heterocycles. The Balaban J connectivity index is 1.57. The second kappa shape index (κ2) is 6.01. The summed E-state index contributed by atoms with van der Waals surface area (Å²) < 4.78 is 3.80. The minimum Gasteiger partial charge on any atom is -0.360 e. The van der Waals surface area contributed by atoms with Crippen molar-refractivity contribution in [2.24, 2.45) is 0 Å². The van der Waals surface area contributed by atoms with Crippen LogP contribution in [0.2, 0.25) is 0 Å². The van der Waals surface area contributed by atoms with Crippen molar-refractivity contribution in [1.29, 1.82) is 0 Å². The first kappa shape index (κ1) is 15.3. The first-order valence-electron chi connectivity index (χ1n) is 8.16. The number of nitrogens with one attached hydrogen (secondary N) is 1. The quantitative estimate of drug-likeness (QED) is 0.621. The van der Waals surface area contributed by atoms with Gasteiger partial charge in [0.25, 0.3) is 0 Å². The molecule has 0 saturated heterocycles. The Hall–Kier alpha value is -3.22. The monoisotopic (exact) mass is 333 g/mol. The Morgan fingerprint density at radius 1 is 1.12 bits per heavy atom. The van der Waals surface area contributed by atoms with E-state index in [1.54, 1.807) is 12.5 Å². The van der Waals surface area contributed by atoms with Crippen LogP contribution in [0.5, 0.6) is 0 Å². The molecule has 0 saturated carbocycles. The molecule has 126 valence electrons. The van der Waals surface area contributed by atoms with E-state index in [2.05, 4.69) is 69.8 Å². The van der Waals surface area contributed by atoms with Crippen LogP contribution in [0, 0.1) is 13.8 Å². The van der Waals surface area contributed by atoms with Crippen LogP contribution < -0.4 is 5.32 Å². The van der Waals surface area contributed by atoms with Crippen molar-refractivity contribution in [3.63, 3.8) is 0 Å². The molecule has 0 bridgehead atoms. The normalized spacial score (nSPS) is 12.4. The zero-order chi connectivity index (χ0) is 17.4. The topological polar surface area (TPSA) is 72.9 Å². The van der Waals surface area contributed by atoms with Gasteiger partial charge in [0.15, 0.2) is 5.82 Å². The van der Waals surface area contributed by atoms with E-state index < -0.39 is 0 Å². The van der Waals surface area contributed by atoms with Gasteiger partial charge >= 0.3 is 0 Å². The van der Waals surface area contributed by atoms with E-state index >= 15 is 0 Å². The lowest BCUT2D eigenvalue weighted by molar-refractivity contribution is 0.827. The first-order chi connectivity index (χ1) is 12.1. The molecule has 25 heavy (non-hydrogen) atoms. The zero-order valence-electron chi connectivity index (χ0n) is 14.4. The molecule has 0 aliphatic carbocycles. The summed E-state index contributed by atoms with van der Waals surface area (Å²) in [4.78, 5) is 4.38. The molecule has 0 amide bonds. The van der Waals surface area contributed by atoms with E-state index in [4.69, 9.17) is 0 Å². The Labute approximate surface area is 145 Å². The van der Waals surface area contributed by atoms with Gasteiger partial charge in [-0.3, -0.25) is 4.40 Å². The van der Waals surface area contributed by atoms with E-state index in [0.29, 0.717) is 5.65 Å². The number of anilines is 1. The van der Waals surface area contributed by atoms with Crippen molar-refractivity contribution >= 4 is 11.5 Å². The summed E-state index contributed by atoms with van der Waals surface area (Å²) in [6.45, 7) is 6.16. The van der Waals surface area contributed by atoms with Gasteiger partial charge in [0, 0.05) is 18.1 Å². The highest BCUT2D eigenvalue weighted by Gasteiger charge is 2.11. The summed E-state index contributed by atoms with van der Waals surface area (Å²) in [7, 11) is 0. The van der Waals surface area contributed by atoms with Crippen LogP contribution in [0.1, 0.15) is 29.9 Å². The van der Waals surface area contributed by atoms with Gasteiger partial charge in [-0.2, -0.15) is 5.10 Å². The lowest BCUT2D eigenvalue weighted by Gasteiger charge is -2.16. The first-order valence-corrected chi connectivity index (χ1v) is 8.16. The minimum absolute atomic E-state index is 0.0879. The molecule has 1 aromatic carbocycles. The standard InChI is InChI=1S/C18H19N7/c1-12-10-13(2)25(23-12)16-6-4-15(5-7-16)14(3)21-17-18-22-20-11-24(18)9-8-19-17/h4-11,14H,1-3H3,(H,19,21). The summed E-state index contributed by atoms with van der Waals surface area (Å²) in [5.41, 5.74) is 5.07. The summed E-state index contributed by atoms with van der Waals surface area (Å²) in [6, 6.07) is 10.5. The van der Waals surface area contributed by atoms with Crippen molar-refractivity contribution in [3.8, 4) is 5.69 Å². The fraction of sp³-hybridized carbons (Fsp3) is 0.222. The van der Waals surface area contributed by atoms with E-state index in [1.807, 2.05) is 22.2 Å². The second-order valence-corrected chi connectivity index (χ2v) is 6.13. The second-order valence-electron chi connectivity index (χ2n) is 6.13. The number of rotatable bonds is 4. The Morgan fingerprint density at radius 2 is 1.92 bits per heavy atom. The lowest BCUT2D eigenvalue weighted by Crippen LogP contribution is -2.09. The third-order valence-corrected chi connectivity index (χ3v) is 4.22. The van der Waals surface area contributed by atoms with Crippen LogP contribution in [0.25, 0.3) is 11.3 Å². The molecule has 7 nitrogen and oxygen atoms in total. The SMILES string of the molecule is Cc1cc(C)n(-c2ccc(C(C)Nc3nccn4cnnc34)cc2)n1. The van der Waals surface area contributed by atoms with Gasteiger partial charge in [-0.15, -0.1) is 10.2 Å². The molecule has 1 unspecified atom stereocenters. The van der Waals surface area contributed by atoms with Crippen LogP contribution >= 0.6 is 0 Å². The molecule has 4 aromatic rings. The van der Waals surface area contributed by atoms with Crippen LogP contribution in [-0.2, 0) is 0 Å². The van der Waals surface area contributed by atoms with Gasteiger partial charge in [-0.05, 0) is 44.5 Å². The van der Waals surface area contributed by atoms with Crippen molar-refractivity contribution in [2.75, 3.05) is 5.32 Å². The summed E-state index contributed by atoms with van der Waals surface area (Å²) >= 11 is 0. The molecule has 0 aliphatic rings. The zero-order valence-corrected chi connectivity index (χ0v) is 14.4. The number of fused-ring (bicyclic) bond motifs is 1. The minimum atomic E-state index is 0.0879. The molecule has 1 atom stereocenters. The molecule has 0 radical (unpaired) electrons. The maximum atomic E-state index is 4.52. The van der Waals surface area contributed by atoms with Gasteiger partial charge in [-0.25, -0.2) is 9.67 Å². The fourth-order valence-corrected chi connectivity index (χ4v) is 2.94. The van der Waals surface area contributed by atoms with Crippen LogP contribution in [-0.4, -0.2) is 29.4 Å². The number of benzene rings is 1. The lowest BCUT2D eigenvalue weighted by atomic mass is 10.1. The summed E-state index contributed by atoms with van der Waals surface area (Å²) in [5.74, 6) is 0.718. The van der Waals surface area contributed by atoms with Gasteiger partial charge in [0.2, 0.25) is 5.65 Å². The Kier molecular flexibility index (Phi) is 3.68. The van der Waals surface area contributed by atoms with Crippen molar-refractivity contribution in [1.82, 2.24) is 29.4 Å². The van der Waals surface area contributed by atoms with Gasteiger partial charge in [0.05, 0.1) is 17.4 Å². The van der Waals surface area contributed by atoms with Crippen LogP contribution in [0.15, 0.2) is 49.1 Å². The smallest absolute Gasteiger partial charge is 0.203 e. The molecule has 0 aliphatic heterocycles. The van der Waals surface area contributed by atoms with E-state index in [9.17, 15) is 0 Å². The molecule has 1 N–H and O–H groups in total.